The van der Waals surface area contributed by atoms with E-state index in [1.165, 1.54) is 4.88 Å². The van der Waals surface area contributed by atoms with Gasteiger partial charge in [0.1, 0.15) is 5.60 Å². The van der Waals surface area contributed by atoms with Crippen LogP contribution >= 0.6 is 27.3 Å². The smallest absolute Gasteiger partial charge is 0.407 e. The summed E-state index contributed by atoms with van der Waals surface area (Å²) in [5.41, 5.74) is -0.940. The van der Waals surface area contributed by atoms with E-state index in [4.69, 9.17) is 4.74 Å². The van der Waals surface area contributed by atoms with Crippen LogP contribution in [0.1, 0.15) is 39.5 Å². The van der Waals surface area contributed by atoms with Crippen molar-refractivity contribution < 1.29 is 14.6 Å². The van der Waals surface area contributed by atoms with Gasteiger partial charge in [0.15, 0.2) is 0 Å². The Labute approximate surface area is 145 Å². The molecule has 126 valence electrons. The predicted molar refractivity (Wildman–Crippen MR) is 94.3 cm³/mol. The molecule has 0 aromatic carbocycles. The van der Waals surface area contributed by atoms with Crippen molar-refractivity contribution in [2.45, 2.75) is 46.6 Å². The Morgan fingerprint density at radius 3 is 2.50 bits per heavy atom. The van der Waals surface area contributed by atoms with Gasteiger partial charge in [-0.15, -0.1) is 11.3 Å². The Kier molecular flexibility index (Phi) is 6.89. The quantitative estimate of drug-likeness (QED) is 0.763. The maximum absolute atomic E-state index is 11.9. The van der Waals surface area contributed by atoms with Crippen molar-refractivity contribution in [2.24, 2.45) is 11.3 Å². The van der Waals surface area contributed by atoms with Gasteiger partial charge in [-0.25, -0.2) is 4.79 Å². The van der Waals surface area contributed by atoms with Crippen LogP contribution in [0.2, 0.25) is 0 Å². The number of hydrogen-bond acceptors (Lipinski definition) is 4. The molecule has 0 saturated carbocycles. The first kappa shape index (κ1) is 19.5. The van der Waals surface area contributed by atoms with E-state index in [1.54, 1.807) is 11.3 Å². The number of amides is 1. The van der Waals surface area contributed by atoms with E-state index in [0.717, 1.165) is 4.47 Å². The third-order valence-corrected chi connectivity index (χ3v) is 5.65. The summed E-state index contributed by atoms with van der Waals surface area (Å²) in [6, 6.07) is 2.00. The Balaban J connectivity index is 2.80. The fraction of sp³-hybridized carbons (Fsp3) is 0.688. The first-order valence-corrected chi connectivity index (χ1v) is 9.06. The lowest BCUT2D eigenvalue weighted by Crippen LogP contribution is -2.46. The number of aliphatic hydroxyl groups excluding tert-OH is 1. The summed E-state index contributed by atoms with van der Waals surface area (Å²) in [6.07, 6.45) is 0.256. The monoisotopic (exact) mass is 391 g/mol. The maximum atomic E-state index is 11.9. The van der Waals surface area contributed by atoms with E-state index < -0.39 is 17.1 Å². The molecule has 0 fully saturated rings. The van der Waals surface area contributed by atoms with E-state index in [9.17, 15) is 9.90 Å². The molecule has 0 aliphatic carbocycles. The van der Waals surface area contributed by atoms with Gasteiger partial charge in [0.25, 0.3) is 0 Å². The third-order valence-electron chi connectivity index (χ3n) is 3.73. The number of ether oxygens (including phenoxy) is 1. The molecule has 2 N–H and O–H groups in total. The molecule has 0 aliphatic heterocycles. The summed E-state index contributed by atoms with van der Waals surface area (Å²) in [5.74, 6) is 0.210. The number of carbonyl (C=O) groups is 1. The highest BCUT2D eigenvalue weighted by molar-refractivity contribution is 9.10. The van der Waals surface area contributed by atoms with Gasteiger partial charge < -0.3 is 15.2 Å². The van der Waals surface area contributed by atoms with Crippen LogP contribution in [0.5, 0.6) is 0 Å². The summed E-state index contributed by atoms with van der Waals surface area (Å²) >= 11 is 5.19. The summed E-state index contributed by atoms with van der Waals surface area (Å²) in [6.45, 7) is 10.00. The molecule has 0 bridgehead atoms. The summed E-state index contributed by atoms with van der Waals surface area (Å²) in [7, 11) is 0. The fourth-order valence-electron chi connectivity index (χ4n) is 2.10. The minimum atomic E-state index is -0.527. The normalized spacial score (nSPS) is 14.7. The maximum Gasteiger partial charge on any atom is 0.407 e. The molecule has 4 nitrogen and oxygen atoms in total. The first-order chi connectivity index (χ1) is 10.1. The number of thiophene rings is 1. The van der Waals surface area contributed by atoms with Crippen molar-refractivity contribution in [1.82, 2.24) is 5.32 Å². The predicted octanol–water partition coefficient (Wildman–Crippen LogP) is 4.21. The molecule has 0 saturated heterocycles. The third kappa shape index (κ3) is 5.56. The second-order valence-electron chi connectivity index (χ2n) is 6.90. The molecule has 1 unspecified atom stereocenters. The molecule has 22 heavy (non-hydrogen) atoms. The number of rotatable bonds is 6. The van der Waals surface area contributed by atoms with Gasteiger partial charge in [-0.2, -0.15) is 0 Å². The van der Waals surface area contributed by atoms with Crippen molar-refractivity contribution in [1.29, 1.82) is 0 Å². The van der Waals surface area contributed by atoms with Gasteiger partial charge in [-0.05, 0) is 60.5 Å². The van der Waals surface area contributed by atoms with E-state index in [0.29, 0.717) is 13.0 Å². The number of carbonyl (C=O) groups excluding carboxylic acids is 1. The zero-order valence-electron chi connectivity index (χ0n) is 13.9. The topological polar surface area (TPSA) is 58.6 Å². The van der Waals surface area contributed by atoms with Crippen LogP contribution in [-0.2, 0) is 11.2 Å². The number of hydrogen-bond donors (Lipinski definition) is 2. The van der Waals surface area contributed by atoms with E-state index >= 15 is 0 Å². The van der Waals surface area contributed by atoms with Crippen LogP contribution < -0.4 is 5.32 Å². The Morgan fingerprint density at radius 2 is 2.09 bits per heavy atom. The number of nitrogens with one attached hydrogen (secondary N) is 1. The summed E-state index contributed by atoms with van der Waals surface area (Å²) < 4.78 is 6.33. The largest absolute Gasteiger partial charge is 0.444 e. The molecule has 6 heteroatoms. The molecule has 1 aromatic heterocycles. The van der Waals surface area contributed by atoms with Crippen molar-refractivity contribution >= 4 is 33.4 Å². The highest BCUT2D eigenvalue weighted by atomic mass is 79.9. The zero-order chi connectivity index (χ0) is 17.0. The highest BCUT2D eigenvalue weighted by Gasteiger charge is 2.35. The Bertz CT molecular complexity index is 496. The second kappa shape index (κ2) is 7.79. The van der Waals surface area contributed by atoms with Crippen molar-refractivity contribution in [2.75, 3.05) is 13.2 Å². The van der Waals surface area contributed by atoms with Crippen LogP contribution in [-0.4, -0.2) is 30.0 Å². The average molecular weight is 392 g/mol. The first-order valence-electron chi connectivity index (χ1n) is 7.39. The molecule has 1 amide bonds. The van der Waals surface area contributed by atoms with Gasteiger partial charge in [0.05, 0.1) is 6.61 Å². The number of aliphatic hydroxyl groups is 1. The molecule has 0 spiro atoms. The number of halogens is 1. The standard InChI is InChI=1S/C16H26BrNO3S/c1-11(2)16(10-19,8-13-12(17)6-7-22-13)9-18-14(20)21-15(3,4)5/h6-7,11,19H,8-10H2,1-5H3,(H,18,20). The Morgan fingerprint density at radius 1 is 1.45 bits per heavy atom. The minimum Gasteiger partial charge on any atom is -0.444 e. The summed E-state index contributed by atoms with van der Waals surface area (Å²) in [5, 5.41) is 14.8. The van der Waals surface area contributed by atoms with E-state index in [1.807, 2.05) is 32.2 Å². The van der Waals surface area contributed by atoms with Gasteiger partial charge in [0.2, 0.25) is 0 Å². The van der Waals surface area contributed by atoms with Gasteiger partial charge in [-0.1, -0.05) is 13.8 Å². The van der Waals surface area contributed by atoms with E-state index in [-0.39, 0.29) is 12.5 Å². The van der Waals surface area contributed by atoms with Crippen molar-refractivity contribution in [3.8, 4) is 0 Å². The molecule has 0 radical (unpaired) electrons. The van der Waals surface area contributed by atoms with Crippen LogP contribution in [0.4, 0.5) is 4.79 Å². The fourth-order valence-corrected chi connectivity index (χ4v) is 3.75. The Hall–Kier alpha value is -0.590. The SMILES string of the molecule is CC(C)C(CO)(CNC(=O)OC(C)(C)C)Cc1sccc1Br. The minimum absolute atomic E-state index is 0.00477. The van der Waals surface area contributed by atoms with Crippen molar-refractivity contribution in [3.05, 3.63) is 20.8 Å². The number of alkyl carbamates (subject to hydrolysis) is 1. The lowest BCUT2D eigenvalue weighted by molar-refractivity contribution is 0.0396. The molecular formula is C16H26BrNO3S. The van der Waals surface area contributed by atoms with Gasteiger partial charge in [0, 0.05) is 21.3 Å². The second-order valence-corrected chi connectivity index (χ2v) is 8.75. The van der Waals surface area contributed by atoms with Crippen molar-refractivity contribution in [3.63, 3.8) is 0 Å². The average Bonchev–Trinajstić information content (AvgIpc) is 2.77. The van der Waals surface area contributed by atoms with Crippen LogP contribution in [0.25, 0.3) is 0 Å². The molecule has 1 heterocycles. The lowest BCUT2D eigenvalue weighted by Gasteiger charge is -2.36. The van der Waals surface area contributed by atoms with Crippen LogP contribution in [0.3, 0.4) is 0 Å². The van der Waals surface area contributed by atoms with Gasteiger partial charge in [-0.3, -0.25) is 0 Å². The zero-order valence-corrected chi connectivity index (χ0v) is 16.3. The molecule has 0 aliphatic rings. The highest BCUT2D eigenvalue weighted by Crippen LogP contribution is 2.35. The molecule has 1 rings (SSSR count). The lowest BCUT2D eigenvalue weighted by atomic mass is 9.74. The van der Waals surface area contributed by atoms with Crippen LogP contribution in [0.15, 0.2) is 15.9 Å². The molecular weight excluding hydrogens is 366 g/mol. The molecule has 1 atom stereocenters. The van der Waals surface area contributed by atoms with Crippen LogP contribution in [0, 0.1) is 11.3 Å². The molecule has 1 aromatic rings. The van der Waals surface area contributed by atoms with Gasteiger partial charge >= 0.3 is 6.09 Å². The van der Waals surface area contributed by atoms with E-state index in [2.05, 4.69) is 35.1 Å². The summed E-state index contributed by atoms with van der Waals surface area (Å²) in [4.78, 5) is 13.1.